The highest BCUT2D eigenvalue weighted by atomic mass is 35.5. The highest BCUT2D eigenvalue weighted by molar-refractivity contribution is 7.89. The maximum Gasteiger partial charge on any atom is 0.437 e. The third kappa shape index (κ3) is 4.12. The predicted molar refractivity (Wildman–Crippen MR) is 94.7 cm³/mol. The molecule has 1 heterocycles. The summed E-state index contributed by atoms with van der Waals surface area (Å²) in [6.07, 6.45) is -4.83. The number of rotatable bonds is 4. The molecule has 0 saturated carbocycles. The Balaban J connectivity index is 2.04. The van der Waals surface area contributed by atoms with Crippen molar-refractivity contribution < 1.29 is 21.6 Å². The number of benzene rings is 2. The second kappa shape index (κ2) is 6.95. The monoisotopic (exact) mass is 416 g/mol. The summed E-state index contributed by atoms with van der Waals surface area (Å²) in [5.41, 5.74) is -1.07. The van der Waals surface area contributed by atoms with Crippen LogP contribution in [-0.2, 0) is 16.2 Å². The number of aromatic nitrogens is 2. The highest BCUT2D eigenvalue weighted by Crippen LogP contribution is 2.34. The number of nitrogens with zero attached hydrogens (tertiary/aromatic N) is 3. The fourth-order valence-corrected chi connectivity index (χ4v) is 3.48. The summed E-state index contributed by atoms with van der Waals surface area (Å²) in [7, 11) is -3.05. The molecule has 2 aromatic carbocycles. The molecule has 0 saturated heterocycles. The average molecular weight is 417 g/mol. The van der Waals surface area contributed by atoms with Crippen molar-refractivity contribution in [2.24, 2.45) is 0 Å². The number of para-hydroxylation sites is 2. The van der Waals surface area contributed by atoms with Crippen molar-refractivity contribution in [3.8, 4) is 0 Å². The summed E-state index contributed by atoms with van der Waals surface area (Å²) in [5, 5.41) is 0.994. The van der Waals surface area contributed by atoms with Crippen LogP contribution in [0.5, 0.6) is 0 Å². The number of fused-ring (bicyclic) bond motifs is 1. The van der Waals surface area contributed by atoms with Crippen molar-refractivity contribution in [1.29, 1.82) is 0 Å². The maximum absolute atomic E-state index is 13.4. The fraction of sp³-hybridized carbons (Fsp3) is 0.125. The van der Waals surface area contributed by atoms with E-state index >= 15 is 0 Å². The molecule has 0 bridgehead atoms. The molecular formula is C16H12ClF3N4O2S. The first-order valence-corrected chi connectivity index (χ1v) is 9.30. The molecule has 11 heteroatoms. The zero-order chi connectivity index (χ0) is 19.8. The number of halogens is 4. The lowest BCUT2D eigenvalue weighted by molar-refractivity contribution is -0.140. The summed E-state index contributed by atoms with van der Waals surface area (Å²) in [4.78, 5) is 9.41. The largest absolute Gasteiger partial charge is 0.437 e. The summed E-state index contributed by atoms with van der Waals surface area (Å²) >= 11 is 5.72. The molecule has 0 unspecified atom stereocenters. The molecule has 0 amide bonds. The lowest BCUT2D eigenvalue weighted by atomic mass is 10.2. The maximum atomic E-state index is 13.4. The van der Waals surface area contributed by atoms with Crippen molar-refractivity contribution in [3.05, 3.63) is 59.2 Å². The van der Waals surface area contributed by atoms with Gasteiger partial charge >= 0.3 is 6.18 Å². The van der Waals surface area contributed by atoms with E-state index in [0.29, 0.717) is 10.0 Å². The van der Waals surface area contributed by atoms with Crippen LogP contribution in [-0.4, -0.2) is 25.4 Å². The molecule has 0 aliphatic heterocycles. The summed E-state index contributed by atoms with van der Waals surface area (Å²) in [6, 6.07) is 11.2. The van der Waals surface area contributed by atoms with Gasteiger partial charge in [-0.3, -0.25) is 5.01 Å². The van der Waals surface area contributed by atoms with Crippen LogP contribution < -0.4 is 9.84 Å². The van der Waals surface area contributed by atoms with Gasteiger partial charge in [0.2, 0.25) is 0 Å². The van der Waals surface area contributed by atoms with Gasteiger partial charge in [-0.2, -0.15) is 13.2 Å². The number of hydrogen-bond donors (Lipinski definition) is 1. The van der Waals surface area contributed by atoms with Crippen LogP contribution in [0.2, 0.25) is 5.02 Å². The van der Waals surface area contributed by atoms with Crippen LogP contribution in [0.3, 0.4) is 0 Å². The summed E-state index contributed by atoms with van der Waals surface area (Å²) < 4.78 is 65.1. The van der Waals surface area contributed by atoms with Gasteiger partial charge in [-0.15, -0.1) is 4.83 Å². The minimum absolute atomic E-state index is 0.0440. The second-order valence-corrected chi connectivity index (χ2v) is 7.59. The molecule has 0 atom stereocenters. The quantitative estimate of drug-likeness (QED) is 0.657. The van der Waals surface area contributed by atoms with E-state index in [9.17, 15) is 21.6 Å². The Morgan fingerprint density at radius 2 is 1.56 bits per heavy atom. The molecule has 3 rings (SSSR count). The van der Waals surface area contributed by atoms with Crippen LogP contribution in [0, 0.1) is 0 Å². The number of hydrazine groups is 1. The van der Waals surface area contributed by atoms with Gasteiger partial charge in [0.15, 0.2) is 11.5 Å². The number of hydrogen-bond acceptors (Lipinski definition) is 5. The third-order valence-corrected chi connectivity index (χ3v) is 5.18. The zero-order valence-corrected chi connectivity index (χ0v) is 15.3. The van der Waals surface area contributed by atoms with Crippen molar-refractivity contribution >= 4 is 38.5 Å². The van der Waals surface area contributed by atoms with Gasteiger partial charge < -0.3 is 0 Å². The topological polar surface area (TPSA) is 75.2 Å². The third-order valence-electron chi connectivity index (χ3n) is 3.52. The number of alkyl halides is 3. The first-order chi connectivity index (χ1) is 12.6. The average Bonchev–Trinajstić information content (AvgIpc) is 2.60. The smallest absolute Gasteiger partial charge is 0.280 e. The Morgan fingerprint density at radius 1 is 1.00 bits per heavy atom. The van der Waals surface area contributed by atoms with E-state index in [-0.39, 0.29) is 15.9 Å². The highest BCUT2D eigenvalue weighted by Gasteiger charge is 2.38. The van der Waals surface area contributed by atoms with Gasteiger partial charge in [0.25, 0.3) is 10.0 Å². The van der Waals surface area contributed by atoms with Crippen LogP contribution in [0.15, 0.2) is 53.4 Å². The Morgan fingerprint density at radius 3 is 2.11 bits per heavy atom. The number of anilines is 1. The van der Waals surface area contributed by atoms with Gasteiger partial charge in [0.05, 0.1) is 15.9 Å². The fourth-order valence-electron chi connectivity index (χ4n) is 2.30. The standard InChI is InChI=1S/C16H12ClF3N4O2S/c1-24(23-27(25,26)11-8-6-10(17)7-9-11)15-14(16(18,19)20)21-12-4-2-3-5-13(12)22-15/h2-9,23H,1H3. The van der Waals surface area contributed by atoms with Crippen LogP contribution in [0.4, 0.5) is 19.0 Å². The molecule has 6 nitrogen and oxygen atoms in total. The number of nitrogens with one attached hydrogen (secondary N) is 1. The second-order valence-electron chi connectivity index (χ2n) is 5.49. The first-order valence-electron chi connectivity index (χ1n) is 7.44. The molecule has 3 aromatic rings. The molecule has 27 heavy (non-hydrogen) atoms. The van der Waals surface area contributed by atoms with E-state index in [1.54, 1.807) is 6.07 Å². The lowest BCUT2D eigenvalue weighted by Crippen LogP contribution is -2.41. The minimum atomic E-state index is -4.83. The van der Waals surface area contributed by atoms with Crippen molar-refractivity contribution in [3.63, 3.8) is 0 Å². The first kappa shape index (κ1) is 19.3. The Kier molecular flexibility index (Phi) is 4.98. The zero-order valence-electron chi connectivity index (χ0n) is 13.7. The molecule has 0 fully saturated rings. The molecular weight excluding hydrogens is 405 g/mol. The van der Waals surface area contributed by atoms with E-state index in [1.165, 1.54) is 42.5 Å². The molecule has 0 spiro atoms. The van der Waals surface area contributed by atoms with Crippen LogP contribution in [0.25, 0.3) is 11.0 Å². The van der Waals surface area contributed by atoms with E-state index in [2.05, 4.69) is 9.97 Å². The van der Waals surface area contributed by atoms with E-state index in [4.69, 9.17) is 11.6 Å². The molecule has 0 aliphatic carbocycles. The predicted octanol–water partition coefficient (Wildman–Crippen LogP) is 3.63. The van der Waals surface area contributed by atoms with E-state index in [1.807, 2.05) is 4.83 Å². The van der Waals surface area contributed by atoms with E-state index < -0.39 is 27.7 Å². The minimum Gasteiger partial charge on any atom is -0.280 e. The normalized spacial score (nSPS) is 12.3. The van der Waals surface area contributed by atoms with Crippen LogP contribution in [0.1, 0.15) is 5.69 Å². The van der Waals surface area contributed by atoms with Gasteiger partial charge in [-0.25, -0.2) is 18.4 Å². The Bertz CT molecular complexity index is 1090. The molecule has 142 valence electrons. The summed E-state index contributed by atoms with van der Waals surface area (Å²) in [5.74, 6) is -0.668. The van der Waals surface area contributed by atoms with Crippen LogP contribution >= 0.6 is 11.6 Å². The van der Waals surface area contributed by atoms with E-state index in [0.717, 1.165) is 7.05 Å². The van der Waals surface area contributed by atoms with Gasteiger partial charge in [-0.1, -0.05) is 23.7 Å². The molecule has 0 aliphatic rings. The Hall–Kier alpha value is -2.43. The lowest BCUT2D eigenvalue weighted by Gasteiger charge is -2.22. The number of sulfonamides is 1. The van der Waals surface area contributed by atoms with Crippen molar-refractivity contribution in [1.82, 2.24) is 14.8 Å². The summed E-state index contributed by atoms with van der Waals surface area (Å²) in [6.45, 7) is 0. The van der Waals surface area contributed by atoms with Gasteiger partial charge in [-0.05, 0) is 36.4 Å². The van der Waals surface area contributed by atoms with Gasteiger partial charge in [0, 0.05) is 12.1 Å². The SMILES string of the molecule is CN(NS(=O)(=O)c1ccc(Cl)cc1)c1nc2ccccc2nc1C(F)(F)F. The van der Waals surface area contributed by atoms with Crippen molar-refractivity contribution in [2.45, 2.75) is 11.1 Å². The molecule has 1 N–H and O–H groups in total. The molecule has 0 radical (unpaired) electrons. The van der Waals surface area contributed by atoms with Gasteiger partial charge in [0.1, 0.15) is 0 Å². The molecule has 1 aromatic heterocycles. The Labute approximate surface area is 157 Å². The van der Waals surface area contributed by atoms with Crippen molar-refractivity contribution in [2.75, 3.05) is 12.1 Å².